The van der Waals surface area contributed by atoms with Crippen molar-refractivity contribution in [3.05, 3.63) is 0 Å². The van der Waals surface area contributed by atoms with Crippen LogP contribution >= 0.6 is 0 Å². The lowest BCUT2D eigenvalue weighted by Gasteiger charge is -2.14. The van der Waals surface area contributed by atoms with Gasteiger partial charge in [0.05, 0.1) is 6.61 Å². The summed E-state index contributed by atoms with van der Waals surface area (Å²) >= 11 is 0. The van der Waals surface area contributed by atoms with Crippen molar-refractivity contribution in [1.29, 1.82) is 0 Å². The molecule has 21 heavy (non-hydrogen) atoms. The van der Waals surface area contributed by atoms with E-state index in [1.807, 2.05) is 0 Å². The van der Waals surface area contributed by atoms with E-state index in [9.17, 15) is 4.79 Å². The molecular weight excluding hydrogens is 260 g/mol. The second-order valence-electron chi connectivity index (χ2n) is 6.77. The molecule has 0 unspecified atom stereocenters. The molecule has 0 aromatic heterocycles. The Labute approximate surface area is 132 Å². The van der Waals surface area contributed by atoms with Gasteiger partial charge < -0.3 is 4.74 Å². The topological polar surface area (TPSA) is 26.3 Å². The molecule has 1 rings (SSSR count). The molecule has 0 bridgehead atoms. The zero-order valence-electron chi connectivity index (χ0n) is 14.2. The summed E-state index contributed by atoms with van der Waals surface area (Å²) in [7, 11) is 0. The van der Waals surface area contributed by atoms with E-state index in [0.29, 0.717) is 18.9 Å². The molecule has 1 aliphatic carbocycles. The third kappa shape index (κ3) is 10.8. The van der Waals surface area contributed by atoms with Crippen molar-refractivity contribution >= 4 is 5.97 Å². The van der Waals surface area contributed by atoms with Crippen LogP contribution in [0.1, 0.15) is 103 Å². The van der Waals surface area contributed by atoms with E-state index in [2.05, 4.69) is 6.92 Å². The summed E-state index contributed by atoms with van der Waals surface area (Å²) in [4.78, 5) is 11.7. The highest BCUT2D eigenvalue weighted by Gasteiger charge is 2.14. The number of ether oxygens (including phenoxy) is 1. The molecule has 1 fully saturated rings. The van der Waals surface area contributed by atoms with Crippen LogP contribution < -0.4 is 0 Å². The summed E-state index contributed by atoms with van der Waals surface area (Å²) in [5, 5.41) is 0. The molecule has 0 amide bonds. The lowest BCUT2D eigenvalue weighted by molar-refractivity contribution is -0.145. The molecular formula is C19H36O2. The van der Waals surface area contributed by atoms with Gasteiger partial charge >= 0.3 is 5.97 Å². The van der Waals surface area contributed by atoms with Gasteiger partial charge in [-0.2, -0.15) is 0 Å². The normalized spacial score (nSPS) is 16.6. The Kier molecular flexibility index (Phi) is 11.6. The fourth-order valence-corrected chi connectivity index (χ4v) is 3.22. The molecule has 0 aliphatic heterocycles. The van der Waals surface area contributed by atoms with E-state index >= 15 is 0 Å². The monoisotopic (exact) mass is 296 g/mol. The molecule has 0 atom stereocenters. The lowest BCUT2D eigenvalue weighted by Crippen LogP contribution is -2.13. The van der Waals surface area contributed by atoms with Crippen LogP contribution in [0.25, 0.3) is 0 Å². The highest BCUT2D eigenvalue weighted by Crippen LogP contribution is 2.23. The Balaban J connectivity index is 1.89. The zero-order chi connectivity index (χ0) is 15.2. The van der Waals surface area contributed by atoms with Crippen molar-refractivity contribution in [3.8, 4) is 0 Å². The summed E-state index contributed by atoms with van der Waals surface area (Å²) in [5.41, 5.74) is 0. The van der Waals surface area contributed by atoms with Gasteiger partial charge in [0.25, 0.3) is 0 Å². The van der Waals surface area contributed by atoms with Gasteiger partial charge in [0.1, 0.15) is 0 Å². The molecule has 0 spiro atoms. The Morgan fingerprint density at radius 2 is 1.43 bits per heavy atom. The maximum Gasteiger partial charge on any atom is 0.305 e. The molecule has 0 heterocycles. The van der Waals surface area contributed by atoms with Crippen molar-refractivity contribution in [1.82, 2.24) is 0 Å². The van der Waals surface area contributed by atoms with Gasteiger partial charge in [-0.05, 0) is 25.2 Å². The quantitative estimate of drug-likeness (QED) is 0.264. The lowest BCUT2D eigenvalue weighted by atomic mass is 10.0. The van der Waals surface area contributed by atoms with Crippen LogP contribution in [0.5, 0.6) is 0 Å². The van der Waals surface area contributed by atoms with Gasteiger partial charge in [-0.25, -0.2) is 0 Å². The zero-order valence-corrected chi connectivity index (χ0v) is 14.2. The molecule has 0 aromatic carbocycles. The van der Waals surface area contributed by atoms with Gasteiger partial charge in [-0.1, -0.05) is 77.6 Å². The fourth-order valence-electron chi connectivity index (χ4n) is 3.22. The second-order valence-corrected chi connectivity index (χ2v) is 6.77. The molecule has 2 heteroatoms. The number of carbonyl (C=O) groups is 1. The summed E-state index contributed by atoms with van der Waals surface area (Å²) in [6, 6.07) is 0. The van der Waals surface area contributed by atoms with E-state index in [1.54, 1.807) is 0 Å². The summed E-state index contributed by atoms with van der Waals surface area (Å²) < 4.78 is 5.46. The molecule has 0 N–H and O–H groups in total. The summed E-state index contributed by atoms with van der Waals surface area (Å²) in [5.74, 6) is 0.667. The molecule has 2 nitrogen and oxygen atoms in total. The number of carbonyl (C=O) groups excluding carboxylic acids is 1. The van der Waals surface area contributed by atoms with E-state index in [1.165, 1.54) is 83.5 Å². The first-order valence-electron chi connectivity index (χ1n) is 9.48. The highest BCUT2D eigenvalue weighted by molar-refractivity contribution is 5.69. The van der Waals surface area contributed by atoms with Gasteiger partial charge in [-0.15, -0.1) is 0 Å². The van der Waals surface area contributed by atoms with Crippen molar-refractivity contribution in [3.63, 3.8) is 0 Å². The van der Waals surface area contributed by atoms with Crippen molar-refractivity contribution in [2.24, 2.45) is 5.92 Å². The maximum absolute atomic E-state index is 11.7. The van der Waals surface area contributed by atoms with Crippen LogP contribution in [0.3, 0.4) is 0 Å². The maximum atomic E-state index is 11.7. The minimum absolute atomic E-state index is 0.0326. The smallest absolute Gasteiger partial charge is 0.305 e. The third-order valence-corrected chi connectivity index (χ3v) is 4.69. The molecule has 1 saturated carbocycles. The van der Waals surface area contributed by atoms with Crippen LogP contribution in [0, 0.1) is 5.92 Å². The summed E-state index contributed by atoms with van der Waals surface area (Å²) in [6.07, 6.45) is 18.7. The van der Waals surface area contributed by atoms with Gasteiger partial charge in [0.15, 0.2) is 0 Å². The van der Waals surface area contributed by atoms with E-state index in [-0.39, 0.29) is 5.97 Å². The Hall–Kier alpha value is -0.530. The van der Waals surface area contributed by atoms with Crippen LogP contribution in [-0.4, -0.2) is 12.6 Å². The Morgan fingerprint density at radius 1 is 0.857 bits per heavy atom. The molecule has 1 aliphatic rings. The van der Waals surface area contributed by atoms with Crippen molar-refractivity contribution in [2.75, 3.05) is 6.61 Å². The Morgan fingerprint density at radius 3 is 2.05 bits per heavy atom. The van der Waals surface area contributed by atoms with E-state index in [0.717, 1.165) is 6.42 Å². The average Bonchev–Trinajstić information content (AvgIpc) is 2.76. The Bertz CT molecular complexity index is 242. The first-order chi connectivity index (χ1) is 10.3. The van der Waals surface area contributed by atoms with Crippen LogP contribution in [0.2, 0.25) is 0 Å². The van der Waals surface area contributed by atoms with Crippen LogP contribution in [0.15, 0.2) is 0 Å². The minimum atomic E-state index is 0.0326. The fraction of sp³-hybridized carbons (Fsp3) is 0.947. The first-order valence-corrected chi connectivity index (χ1v) is 9.48. The second kappa shape index (κ2) is 13.2. The van der Waals surface area contributed by atoms with E-state index < -0.39 is 0 Å². The number of hydrogen-bond donors (Lipinski definition) is 0. The predicted molar refractivity (Wildman–Crippen MR) is 89.4 cm³/mol. The molecule has 0 radical (unpaired) electrons. The van der Waals surface area contributed by atoms with E-state index in [4.69, 9.17) is 4.74 Å². The predicted octanol–water partition coefficient (Wildman–Crippen LogP) is 6.03. The highest BCUT2D eigenvalue weighted by atomic mass is 16.5. The first kappa shape index (κ1) is 18.5. The summed E-state index contributed by atoms with van der Waals surface area (Å²) in [6.45, 7) is 2.93. The average molecular weight is 296 g/mol. The standard InChI is InChI=1S/C19H36O2/c1-2-3-4-5-6-7-8-13-16-19(20)21-17-18-14-11-9-10-12-15-18/h18H,2-17H2,1H3. The van der Waals surface area contributed by atoms with Gasteiger partial charge in [-0.3, -0.25) is 4.79 Å². The number of rotatable bonds is 11. The number of esters is 1. The van der Waals surface area contributed by atoms with Gasteiger partial charge in [0, 0.05) is 6.42 Å². The third-order valence-electron chi connectivity index (χ3n) is 4.69. The number of unbranched alkanes of at least 4 members (excludes halogenated alkanes) is 7. The molecule has 124 valence electrons. The van der Waals surface area contributed by atoms with Crippen molar-refractivity contribution < 1.29 is 9.53 Å². The largest absolute Gasteiger partial charge is 0.465 e. The van der Waals surface area contributed by atoms with Crippen molar-refractivity contribution in [2.45, 2.75) is 103 Å². The van der Waals surface area contributed by atoms with Crippen LogP contribution in [-0.2, 0) is 9.53 Å². The van der Waals surface area contributed by atoms with Crippen LogP contribution in [0.4, 0.5) is 0 Å². The molecule has 0 aromatic rings. The number of hydrogen-bond acceptors (Lipinski definition) is 2. The SMILES string of the molecule is CCCCCCCCCCC(=O)OCC1CCCCCC1. The molecule has 0 saturated heterocycles. The minimum Gasteiger partial charge on any atom is -0.465 e. The van der Waals surface area contributed by atoms with Gasteiger partial charge in [0.2, 0.25) is 0 Å².